The Hall–Kier alpha value is -0.740. The van der Waals surface area contributed by atoms with Gasteiger partial charge in [0.15, 0.2) is 0 Å². The van der Waals surface area contributed by atoms with Gasteiger partial charge in [-0.25, -0.2) is 0 Å². The van der Waals surface area contributed by atoms with Gasteiger partial charge in [-0.2, -0.15) is 0 Å². The summed E-state index contributed by atoms with van der Waals surface area (Å²) in [6.45, 7) is 3.69. The number of carbonyl (C=O) groups excluding carboxylic acids is 2. The van der Waals surface area contributed by atoms with E-state index in [-0.39, 0.29) is 42.0 Å². The number of hydrogen-bond donors (Lipinski definition) is 2. The molecule has 2 aliphatic carbocycles. The second-order valence-electron chi connectivity index (χ2n) is 7.88. The van der Waals surface area contributed by atoms with Crippen molar-refractivity contribution in [2.75, 3.05) is 13.2 Å². The summed E-state index contributed by atoms with van der Waals surface area (Å²) in [7, 11) is 0. The van der Waals surface area contributed by atoms with E-state index >= 15 is 0 Å². The second kappa shape index (κ2) is 10.2. The highest BCUT2D eigenvalue weighted by atomic mass is 16.3. The Bertz CT molecular complexity index is 330. The maximum absolute atomic E-state index is 12.0. The molecule has 0 heterocycles. The third-order valence-electron chi connectivity index (χ3n) is 5.05. The van der Waals surface area contributed by atoms with Gasteiger partial charge in [0.25, 0.3) is 0 Å². The van der Waals surface area contributed by atoms with Gasteiger partial charge in [-0.05, 0) is 25.7 Å². The van der Waals surface area contributed by atoms with Crippen LogP contribution in [0, 0.1) is 17.3 Å². The molecule has 0 aliphatic heterocycles. The zero-order valence-electron chi connectivity index (χ0n) is 14.9. The van der Waals surface area contributed by atoms with E-state index in [4.69, 9.17) is 10.2 Å². The van der Waals surface area contributed by atoms with Crippen molar-refractivity contribution in [1.82, 2.24) is 0 Å². The maximum Gasteiger partial charge on any atom is 0.201 e. The fourth-order valence-electron chi connectivity index (χ4n) is 3.18. The summed E-state index contributed by atoms with van der Waals surface area (Å²) in [5.74, 6) is 0.0737. The molecular weight excluding hydrogens is 292 g/mol. The number of hydrogen-bond acceptors (Lipinski definition) is 4. The van der Waals surface area contributed by atoms with Crippen LogP contribution < -0.4 is 0 Å². The average Bonchev–Trinajstić information content (AvgIpc) is 2.62. The third-order valence-corrected chi connectivity index (χ3v) is 5.05. The van der Waals surface area contributed by atoms with E-state index in [2.05, 4.69) is 0 Å². The van der Waals surface area contributed by atoms with E-state index in [1.165, 1.54) is 12.8 Å². The summed E-state index contributed by atoms with van der Waals surface area (Å²) in [5.41, 5.74) is -0.306. The van der Waals surface area contributed by atoms with Gasteiger partial charge >= 0.3 is 0 Å². The first kappa shape index (κ1) is 20.3. The van der Waals surface area contributed by atoms with Crippen molar-refractivity contribution in [3.8, 4) is 0 Å². The highest BCUT2D eigenvalue weighted by Crippen LogP contribution is 2.29. The predicted octanol–water partition coefficient (Wildman–Crippen LogP) is 3.28. The highest BCUT2D eigenvalue weighted by Gasteiger charge is 2.32. The number of rotatable bonds is 5. The van der Waals surface area contributed by atoms with Crippen molar-refractivity contribution >= 4 is 11.6 Å². The van der Waals surface area contributed by atoms with Crippen LogP contribution in [0.2, 0.25) is 0 Å². The van der Waals surface area contributed by atoms with Crippen LogP contribution in [-0.2, 0) is 9.59 Å². The van der Waals surface area contributed by atoms with Gasteiger partial charge in [-0.15, -0.1) is 0 Å². The monoisotopic (exact) mass is 326 g/mol. The van der Waals surface area contributed by atoms with Crippen LogP contribution in [0.1, 0.15) is 78.1 Å². The molecular formula is C19H34O4. The first-order valence-electron chi connectivity index (χ1n) is 9.21. The first-order valence-corrected chi connectivity index (χ1v) is 9.21. The van der Waals surface area contributed by atoms with Crippen LogP contribution >= 0.6 is 0 Å². The molecule has 0 amide bonds. The minimum Gasteiger partial charge on any atom is -0.396 e. The van der Waals surface area contributed by atoms with Crippen molar-refractivity contribution in [2.24, 2.45) is 17.3 Å². The lowest BCUT2D eigenvalue weighted by molar-refractivity contribution is -0.142. The van der Waals surface area contributed by atoms with Crippen molar-refractivity contribution in [1.29, 1.82) is 0 Å². The molecule has 2 fully saturated rings. The average molecular weight is 326 g/mol. The summed E-state index contributed by atoms with van der Waals surface area (Å²) in [4.78, 5) is 24.1. The van der Waals surface area contributed by atoms with Crippen molar-refractivity contribution in [2.45, 2.75) is 78.1 Å². The van der Waals surface area contributed by atoms with Crippen LogP contribution in [0.4, 0.5) is 0 Å². The summed E-state index contributed by atoms with van der Waals surface area (Å²) in [5, 5.41) is 16.9. The van der Waals surface area contributed by atoms with Crippen LogP contribution in [0.25, 0.3) is 0 Å². The van der Waals surface area contributed by atoms with Gasteiger partial charge in [0.2, 0.25) is 11.6 Å². The van der Waals surface area contributed by atoms with Crippen LogP contribution in [0.5, 0.6) is 0 Å². The fraction of sp³-hybridized carbons (Fsp3) is 0.895. The van der Waals surface area contributed by atoms with E-state index in [0.29, 0.717) is 0 Å². The Balaban J connectivity index is 0.000000322. The molecule has 134 valence electrons. The minimum atomic E-state index is -0.306. The van der Waals surface area contributed by atoms with Gasteiger partial charge in [0.05, 0.1) is 13.2 Å². The second-order valence-corrected chi connectivity index (χ2v) is 7.88. The maximum atomic E-state index is 12.0. The quantitative estimate of drug-likeness (QED) is 0.760. The van der Waals surface area contributed by atoms with E-state index in [1.807, 2.05) is 0 Å². The zero-order chi connectivity index (χ0) is 17.3. The van der Waals surface area contributed by atoms with E-state index in [0.717, 1.165) is 51.4 Å². The Labute approximate surface area is 140 Å². The molecule has 0 radical (unpaired) electrons. The summed E-state index contributed by atoms with van der Waals surface area (Å²) in [6, 6.07) is 0. The van der Waals surface area contributed by atoms with Gasteiger partial charge in [0, 0.05) is 17.3 Å². The molecule has 2 rings (SSSR count). The molecule has 0 spiro atoms. The number of aliphatic hydroxyl groups is 2. The molecule has 2 aliphatic rings. The van der Waals surface area contributed by atoms with E-state index in [9.17, 15) is 9.59 Å². The van der Waals surface area contributed by atoms with Crippen molar-refractivity contribution in [3.05, 3.63) is 0 Å². The van der Waals surface area contributed by atoms with E-state index in [1.54, 1.807) is 13.8 Å². The molecule has 0 saturated heterocycles. The van der Waals surface area contributed by atoms with Crippen LogP contribution in [0.3, 0.4) is 0 Å². The number of aliphatic hydroxyl groups excluding tert-OH is 2. The molecule has 0 aromatic carbocycles. The summed E-state index contributed by atoms with van der Waals surface area (Å²) >= 11 is 0. The fourth-order valence-corrected chi connectivity index (χ4v) is 3.18. The van der Waals surface area contributed by atoms with Gasteiger partial charge in [-0.3, -0.25) is 9.59 Å². The Morgan fingerprint density at radius 2 is 1.04 bits per heavy atom. The molecule has 0 atom stereocenters. The van der Waals surface area contributed by atoms with Crippen molar-refractivity contribution in [3.63, 3.8) is 0 Å². The lowest BCUT2D eigenvalue weighted by Gasteiger charge is -2.24. The highest BCUT2D eigenvalue weighted by molar-refractivity contribution is 6.38. The zero-order valence-corrected chi connectivity index (χ0v) is 14.9. The molecule has 0 unspecified atom stereocenters. The van der Waals surface area contributed by atoms with Crippen LogP contribution in [0.15, 0.2) is 0 Å². The first-order chi connectivity index (χ1) is 10.9. The van der Waals surface area contributed by atoms with Gasteiger partial charge in [0.1, 0.15) is 0 Å². The molecule has 0 aromatic rings. The molecule has 0 bridgehead atoms. The standard InChI is InChI=1S/C14H22O2.C5H12O2/c15-13(11-7-3-1-4-8-11)14(16)12-9-5-2-6-10-12;1-5(2,3-6)4-7/h11-12H,1-10H2;6-7H,3-4H2,1-2H3. The molecule has 2 N–H and O–H groups in total. The largest absolute Gasteiger partial charge is 0.396 e. The Morgan fingerprint density at radius 3 is 1.26 bits per heavy atom. The molecule has 4 heteroatoms. The van der Waals surface area contributed by atoms with Gasteiger partial charge in [-0.1, -0.05) is 52.4 Å². The van der Waals surface area contributed by atoms with Crippen LogP contribution in [-0.4, -0.2) is 35.0 Å². The Morgan fingerprint density at radius 1 is 0.739 bits per heavy atom. The molecule has 0 aromatic heterocycles. The lowest BCUT2D eigenvalue weighted by Crippen LogP contribution is -2.32. The number of carbonyl (C=O) groups is 2. The molecule has 4 nitrogen and oxygen atoms in total. The van der Waals surface area contributed by atoms with Gasteiger partial charge < -0.3 is 10.2 Å². The summed E-state index contributed by atoms with van der Waals surface area (Å²) in [6.07, 6.45) is 10.8. The van der Waals surface area contributed by atoms with Crippen molar-refractivity contribution < 1.29 is 19.8 Å². The normalized spacial score (nSPS) is 20.5. The molecule has 2 saturated carbocycles. The van der Waals surface area contributed by atoms with E-state index < -0.39 is 0 Å². The summed E-state index contributed by atoms with van der Waals surface area (Å²) < 4.78 is 0. The molecule has 23 heavy (non-hydrogen) atoms. The Kier molecular flexibility index (Phi) is 9.00. The number of Topliss-reactive ketones (excluding diaryl/α,β-unsaturated/α-hetero) is 2. The smallest absolute Gasteiger partial charge is 0.201 e. The number of ketones is 2. The third kappa shape index (κ3) is 7.13. The topological polar surface area (TPSA) is 74.6 Å². The lowest BCUT2D eigenvalue weighted by atomic mass is 9.78. The minimum absolute atomic E-state index is 0.0356. The SMILES string of the molecule is CC(C)(CO)CO.O=C(C(=O)C1CCCCC1)C1CCCCC1. The predicted molar refractivity (Wildman–Crippen MR) is 91.1 cm³/mol.